The summed E-state index contributed by atoms with van der Waals surface area (Å²) in [6.45, 7) is 2.18. The van der Waals surface area contributed by atoms with Crippen LogP contribution in [-0.4, -0.2) is 17.1 Å². The van der Waals surface area contributed by atoms with Gasteiger partial charge in [-0.1, -0.05) is 26.2 Å². The molecule has 1 N–H and O–H groups in total. The normalized spacial score (nSPS) is 10.6. The standard InChI is InChI=1S/C13H19N3O/c1-2-3-4-5-6-9-15-16-13(17)12-7-10-14-11-8-12/h7-11H,2-6H2,1H3,(H,16,17). The Hall–Kier alpha value is -1.71. The van der Waals surface area contributed by atoms with Crippen LogP contribution < -0.4 is 5.43 Å². The van der Waals surface area contributed by atoms with Gasteiger partial charge in [-0.3, -0.25) is 9.78 Å². The van der Waals surface area contributed by atoms with E-state index in [0.717, 1.165) is 12.8 Å². The number of nitrogens with one attached hydrogen (secondary N) is 1. The molecule has 0 radical (unpaired) electrons. The molecule has 0 saturated heterocycles. The molecule has 0 spiro atoms. The van der Waals surface area contributed by atoms with Crippen molar-refractivity contribution in [1.29, 1.82) is 0 Å². The Morgan fingerprint density at radius 3 is 2.82 bits per heavy atom. The number of unbranched alkanes of at least 4 members (excludes halogenated alkanes) is 4. The smallest absolute Gasteiger partial charge is 0.267 e. The molecular formula is C13H19N3O. The molecule has 0 saturated carbocycles. The maximum absolute atomic E-state index is 11.5. The van der Waals surface area contributed by atoms with Crippen LogP contribution in [0, 0.1) is 0 Å². The largest absolute Gasteiger partial charge is 0.271 e. The molecule has 0 bridgehead atoms. The molecule has 0 aromatic carbocycles. The number of carbonyl (C=O) groups is 1. The topological polar surface area (TPSA) is 54.4 Å². The van der Waals surface area contributed by atoms with Crippen molar-refractivity contribution in [3.8, 4) is 0 Å². The van der Waals surface area contributed by atoms with Crippen molar-refractivity contribution < 1.29 is 4.79 Å². The lowest BCUT2D eigenvalue weighted by Crippen LogP contribution is -2.17. The highest BCUT2D eigenvalue weighted by atomic mass is 16.2. The molecule has 1 amide bonds. The molecule has 0 aliphatic carbocycles. The van der Waals surface area contributed by atoms with Crippen LogP contribution in [0.15, 0.2) is 29.6 Å². The minimum absolute atomic E-state index is 0.197. The number of hydrogen-bond donors (Lipinski definition) is 1. The summed E-state index contributed by atoms with van der Waals surface area (Å²) in [5.41, 5.74) is 3.06. The van der Waals surface area contributed by atoms with E-state index in [0.29, 0.717) is 5.56 Å². The molecule has 1 rings (SSSR count). The maximum atomic E-state index is 11.5. The Bertz CT molecular complexity index is 349. The van der Waals surface area contributed by atoms with E-state index in [9.17, 15) is 4.79 Å². The average Bonchev–Trinajstić information content (AvgIpc) is 2.38. The summed E-state index contributed by atoms with van der Waals surface area (Å²) in [6, 6.07) is 3.32. The average molecular weight is 233 g/mol. The molecule has 0 atom stereocenters. The van der Waals surface area contributed by atoms with Gasteiger partial charge in [-0.2, -0.15) is 5.10 Å². The van der Waals surface area contributed by atoms with E-state index in [1.54, 1.807) is 30.7 Å². The fraction of sp³-hybridized carbons (Fsp3) is 0.462. The Morgan fingerprint density at radius 2 is 2.12 bits per heavy atom. The van der Waals surface area contributed by atoms with Gasteiger partial charge in [-0.15, -0.1) is 0 Å². The fourth-order valence-corrected chi connectivity index (χ4v) is 1.40. The lowest BCUT2D eigenvalue weighted by atomic mass is 10.2. The first-order valence-electron chi connectivity index (χ1n) is 6.06. The highest BCUT2D eigenvalue weighted by Gasteiger charge is 2.01. The Kier molecular flexibility index (Phi) is 6.63. The molecule has 0 fully saturated rings. The second-order valence-corrected chi connectivity index (χ2v) is 3.84. The summed E-state index contributed by atoms with van der Waals surface area (Å²) in [4.78, 5) is 15.4. The van der Waals surface area contributed by atoms with Crippen LogP contribution >= 0.6 is 0 Å². The number of amides is 1. The molecule has 0 aliphatic rings. The number of hydrogen-bond acceptors (Lipinski definition) is 3. The van der Waals surface area contributed by atoms with Gasteiger partial charge >= 0.3 is 0 Å². The zero-order valence-electron chi connectivity index (χ0n) is 10.2. The van der Waals surface area contributed by atoms with Crippen molar-refractivity contribution >= 4 is 12.1 Å². The van der Waals surface area contributed by atoms with Crippen molar-refractivity contribution in [1.82, 2.24) is 10.4 Å². The Balaban J connectivity index is 2.18. The summed E-state index contributed by atoms with van der Waals surface area (Å²) in [5.74, 6) is -0.197. The first-order valence-corrected chi connectivity index (χ1v) is 6.06. The van der Waals surface area contributed by atoms with E-state index in [1.165, 1.54) is 19.3 Å². The summed E-state index contributed by atoms with van der Waals surface area (Å²) < 4.78 is 0. The fourth-order valence-electron chi connectivity index (χ4n) is 1.40. The minimum Gasteiger partial charge on any atom is -0.267 e. The number of aromatic nitrogens is 1. The first-order chi connectivity index (χ1) is 8.34. The zero-order valence-corrected chi connectivity index (χ0v) is 10.2. The molecule has 4 heteroatoms. The Labute approximate surface area is 102 Å². The monoisotopic (exact) mass is 233 g/mol. The molecule has 92 valence electrons. The van der Waals surface area contributed by atoms with Crippen LogP contribution in [0.4, 0.5) is 0 Å². The van der Waals surface area contributed by atoms with Crippen molar-refractivity contribution in [3.63, 3.8) is 0 Å². The SMILES string of the molecule is CCCCCCC=NNC(=O)c1ccncc1. The molecule has 1 aromatic rings. The van der Waals surface area contributed by atoms with Crippen LogP contribution in [0.1, 0.15) is 49.4 Å². The van der Waals surface area contributed by atoms with E-state index < -0.39 is 0 Å². The molecule has 1 heterocycles. The molecule has 4 nitrogen and oxygen atoms in total. The maximum Gasteiger partial charge on any atom is 0.271 e. The third-order valence-corrected chi connectivity index (χ3v) is 2.39. The number of rotatable bonds is 7. The van der Waals surface area contributed by atoms with Crippen LogP contribution in [0.5, 0.6) is 0 Å². The summed E-state index contributed by atoms with van der Waals surface area (Å²) >= 11 is 0. The van der Waals surface area contributed by atoms with E-state index in [-0.39, 0.29) is 5.91 Å². The van der Waals surface area contributed by atoms with Crippen molar-refractivity contribution in [2.45, 2.75) is 39.0 Å². The highest BCUT2D eigenvalue weighted by Crippen LogP contribution is 2.00. The molecular weight excluding hydrogens is 214 g/mol. The Morgan fingerprint density at radius 1 is 1.35 bits per heavy atom. The minimum atomic E-state index is -0.197. The zero-order chi connectivity index (χ0) is 12.3. The van der Waals surface area contributed by atoms with Gasteiger partial charge in [0.2, 0.25) is 0 Å². The molecule has 0 aliphatic heterocycles. The summed E-state index contributed by atoms with van der Waals surface area (Å²) in [5, 5.41) is 3.90. The van der Waals surface area contributed by atoms with Crippen LogP contribution in [0.25, 0.3) is 0 Å². The lowest BCUT2D eigenvalue weighted by molar-refractivity contribution is 0.0955. The second kappa shape index (κ2) is 8.44. The van der Waals surface area contributed by atoms with Gasteiger partial charge in [-0.25, -0.2) is 5.43 Å². The van der Waals surface area contributed by atoms with E-state index in [2.05, 4.69) is 22.4 Å². The predicted molar refractivity (Wildman–Crippen MR) is 69.0 cm³/mol. The van der Waals surface area contributed by atoms with Gasteiger partial charge in [0.25, 0.3) is 5.91 Å². The van der Waals surface area contributed by atoms with E-state index in [4.69, 9.17) is 0 Å². The molecule has 1 aromatic heterocycles. The second-order valence-electron chi connectivity index (χ2n) is 3.84. The van der Waals surface area contributed by atoms with Gasteiger partial charge in [0.15, 0.2) is 0 Å². The van der Waals surface area contributed by atoms with E-state index >= 15 is 0 Å². The molecule has 0 unspecified atom stereocenters. The lowest BCUT2D eigenvalue weighted by Gasteiger charge is -1.98. The molecule has 17 heavy (non-hydrogen) atoms. The van der Waals surface area contributed by atoms with Gasteiger partial charge in [-0.05, 0) is 25.0 Å². The van der Waals surface area contributed by atoms with Crippen molar-refractivity contribution in [2.75, 3.05) is 0 Å². The van der Waals surface area contributed by atoms with Crippen LogP contribution in [0.3, 0.4) is 0 Å². The van der Waals surface area contributed by atoms with Gasteiger partial charge in [0.05, 0.1) is 0 Å². The third kappa shape index (κ3) is 5.80. The first kappa shape index (κ1) is 13.4. The summed E-state index contributed by atoms with van der Waals surface area (Å²) in [7, 11) is 0. The third-order valence-electron chi connectivity index (χ3n) is 2.39. The van der Waals surface area contributed by atoms with Crippen molar-refractivity contribution in [2.24, 2.45) is 5.10 Å². The van der Waals surface area contributed by atoms with Gasteiger partial charge in [0, 0.05) is 24.2 Å². The number of carbonyl (C=O) groups excluding carboxylic acids is 1. The number of hydrazone groups is 1. The quantitative estimate of drug-likeness (QED) is 0.447. The van der Waals surface area contributed by atoms with E-state index in [1.807, 2.05) is 0 Å². The van der Waals surface area contributed by atoms with Crippen LogP contribution in [-0.2, 0) is 0 Å². The predicted octanol–water partition coefficient (Wildman–Crippen LogP) is 2.77. The highest BCUT2D eigenvalue weighted by molar-refractivity contribution is 5.94. The van der Waals surface area contributed by atoms with Gasteiger partial charge in [0.1, 0.15) is 0 Å². The van der Waals surface area contributed by atoms with Crippen LogP contribution in [0.2, 0.25) is 0 Å². The van der Waals surface area contributed by atoms with Gasteiger partial charge < -0.3 is 0 Å². The van der Waals surface area contributed by atoms with Crippen molar-refractivity contribution in [3.05, 3.63) is 30.1 Å². The number of pyridine rings is 1. The summed E-state index contributed by atoms with van der Waals surface area (Å²) in [6.07, 6.45) is 10.7. The number of nitrogens with zero attached hydrogens (tertiary/aromatic N) is 2.